The summed E-state index contributed by atoms with van der Waals surface area (Å²) in [4.78, 5) is 2.59. The standard InChI is InChI=1S/C17H29BrN2/c1-5-16(6-2)20(12-13(3)4)17-8-7-15(18)11-14(17)9-10-19/h7-8,11,13,16H,5-6,9-10,12,19H2,1-4H3. The average molecular weight is 341 g/mol. The molecule has 0 aromatic heterocycles. The number of hydrogen-bond donors (Lipinski definition) is 1. The van der Waals surface area contributed by atoms with Crippen LogP contribution in [-0.4, -0.2) is 19.1 Å². The Morgan fingerprint density at radius 1 is 1.20 bits per heavy atom. The molecule has 0 radical (unpaired) electrons. The van der Waals surface area contributed by atoms with Gasteiger partial charge in [0.15, 0.2) is 0 Å². The second-order valence-electron chi connectivity index (χ2n) is 5.83. The van der Waals surface area contributed by atoms with E-state index in [1.165, 1.54) is 24.1 Å². The van der Waals surface area contributed by atoms with Crippen LogP contribution in [0, 0.1) is 5.92 Å². The van der Waals surface area contributed by atoms with E-state index in [1.807, 2.05) is 0 Å². The largest absolute Gasteiger partial charge is 0.368 e. The zero-order valence-corrected chi connectivity index (χ0v) is 14.9. The number of nitrogens with zero attached hydrogens (tertiary/aromatic N) is 1. The highest BCUT2D eigenvalue weighted by atomic mass is 79.9. The number of rotatable bonds is 8. The van der Waals surface area contributed by atoms with Crippen molar-refractivity contribution < 1.29 is 0 Å². The van der Waals surface area contributed by atoms with E-state index in [4.69, 9.17) is 5.73 Å². The lowest BCUT2D eigenvalue weighted by Gasteiger charge is -2.35. The quantitative estimate of drug-likeness (QED) is 0.749. The summed E-state index contributed by atoms with van der Waals surface area (Å²) in [7, 11) is 0. The van der Waals surface area contributed by atoms with Gasteiger partial charge in [0, 0.05) is 22.7 Å². The first-order valence-corrected chi connectivity index (χ1v) is 8.57. The molecule has 0 unspecified atom stereocenters. The molecule has 0 aliphatic carbocycles. The summed E-state index contributed by atoms with van der Waals surface area (Å²) in [6, 6.07) is 7.22. The van der Waals surface area contributed by atoms with Crippen molar-refractivity contribution >= 4 is 21.6 Å². The fourth-order valence-corrected chi connectivity index (χ4v) is 3.17. The molecule has 0 saturated heterocycles. The van der Waals surface area contributed by atoms with Crippen molar-refractivity contribution in [2.45, 2.75) is 53.0 Å². The Kier molecular flexibility index (Phi) is 7.60. The van der Waals surface area contributed by atoms with E-state index >= 15 is 0 Å². The molecule has 114 valence electrons. The third-order valence-corrected chi connectivity index (χ3v) is 4.20. The van der Waals surface area contributed by atoms with Gasteiger partial charge in [-0.25, -0.2) is 0 Å². The Hall–Kier alpha value is -0.540. The Morgan fingerprint density at radius 2 is 1.85 bits per heavy atom. The van der Waals surface area contributed by atoms with Crippen molar-refractivity contribution in [2.24, 2.45) is 11.7 Å². The van der Waals surface area contributed by atoms with E-state index in [-0.39, 0.29) is 0 Å². The summed E-state index contributed by atoms with van der Waals surface area (Å²) in [6.07, 6.45) is 3.30. The van der Waals surface area contributed by atoms with Gasteiger partial charge < -0.3 is 10.6 Å². The van der Waals surface area contributed by atoms with Gasteiger partial charge >= 0.3 is 0 Å². The van der Waals surface area contributed by atoms with Gasteiger partial charge in [-0.15, -0.1) is 0 Å². The van der Waals surface area contributed by atoms with Crippen LogP contribution >= 0.6 is 15.9 Å². The summed E-state index contributed by atoms with van der Waals surface area (Å²) in [5.41, 5.74) is 8.51. The molecule has 0 atom stereocenters. The minimum absolute atomic E-state index is 0.607. The Balaban J connectivity index is 3.17. The monoisotopic (exact) mass is 340 g/mol. The predicted molar refractivity (Wildman–Crippen MR) is 93.5 cm³/mol. The summed E-state index contributed by atoms with van der Waals surface area (Å²) in [6.45, 7) is 10.9. The molecule has 2 nitrogen and oxygen atoms in total. The van der Waals surface area contributed by atoms with Gasteiger partial charge in [-0.05, 0) is 55.5 Å². The van der Waals surface area contributed by atoms with E-state index in [0.29, 0.717) is 18.5 Å². The number of hydrogen-bond acceptors (Lipinski definition) is 2. The second-order valence-corrected chi connectivity index (χ2v) is 6.74. The lowest BCUT2D eigenvalue weighted by molar-refractivity contribution is 0.506. The van der Waals surface area contributed by atoms with Crippen LogP contribution in [0.15, 0.2) is 22.7 Å². The van der Waals surface area contributed by atoms with Gasteiger partial charge in [-0.1, -0.05) is 43.6 Å². The maximum absolute atomic E-state index is 5.79. The first-order valence-electron chi connectivity index (χ1n) is 7.78. The molecule has 3 heteroatoms. The molecular weight excluding hydrogens is 312 g/mol. The van der Waals surface area contributed by atoms with Crippen LogP contribution in [-0.2, 0) is 6.42 Å². The molecule has 0 spiro atoms. The third-order valence-electron chi connectivity index (χ3n) is 3.71. The summed E-state index contributed by atoms with van der Waals surface area (Å²) >= 11 is 3.58. The third kappa shape index (κ3) is 4.78. The Morgan fingerprint density at radius 3 is 2.35 bits per heavy atom. The van der Waals surface area contributed by atoms with Crippen LogP contribution in [0.4, 0.5) is 5.69 Å². The second kappa shape index (κ2) is 8.68. The van der Waals surface area contributed by atoms with Crippen LogP contribution in [0.1, 0.15) is 46.1 Å². The van der Waals surface area contributed by atoms with Crippen LogP contribution in [0.5, 0.6) is 0 Å². The number of benzene rings is 1. The van der Waals surface area contributed by atoms with Crippen LogP contribution in [0.3, 0.4) is 0 Å². The van der Waals surface area contributed by atoms with Crippen LogP contribution < -0.4 is 10.6 Å². The minimum Gasteiger partial charge on any atom is -0.368 e. The molecular formula is C17H29BrN2. The lowest BCUT2D eigenvalue weighted by atomic mass is 10.0. The van der Waals surface area contributed by atoms with E-state index in [1.54, 1.807) is 0 Å². The number of nitrogens with two attached hydrogens (primary N) is 1. The van der Waals surface area contributed by atoms with Crippen LogP contribution in [0.2, 0.25) is 0 Å². The molecule has 0 amide bonds. The Bertz CT molecular complexity index is 400. The molecule has 1 aromatic carbocycles. The highest BCUT2D eigenvalue weighted by Gasteiger charge is 2.19. The van der Waals surface area contributed by atoms with Crippen LogP contribution in [0.25, 0.3) is 0 Å². The van der Waals surface area contributed by atoms with Crippen molar-refractivity contribution in [1.82, 2.24) is 0 Å². The van der Waals surface area contributed by atoms with Crippen molar-refractivity contribution in [3.05, 3.63) is 28.2 Å². The first kappa shape index (κ1) is 17.5. The molecule has 1 rings (SSSR count). The summed E-state index contributed by atoms with van der Waals surface area (Å²) in [5, 5.41) is 0. The molecule has 0 bridgehead atoms. The highest BCUT2D eigenvalue weighted by Crippen LogP contribution is 2.29. The molecule has 0 heterocycles. The van der Waals surface area contributed by atoms with Crippen molar-refractivity contribution in [3.63, 3.8) is 0 Å². The zero-order chi connectivity index (χ0) is 15.1. The van der Waals surface area contributed by atoms with Crippen molar-refractivity contribution in [3.8, 4) is 0 Å². The van der Waals surface area contributed by atoms with Gasteiger partial charge in [-0.2, -0.15) is 0 Å². The molecule has 2 N–H and O–H groups in total. The topological polar surface area (TPSA) is 29.3 Å². The molecule has 1 aromatic rings. The first-order chi connectivity index (χ1) is 9.53. The minimum atomic E-state index is 0.607. The molecule has 0 saturated carbocycles. The van der Waals surface area contributed by atoms with Gasteiger partial charge in [0.2, 0.25) is 0 Å². The van der Waals surface area contributed by atoms with E-state index < -0.39 is 0 Å². The van der Waals surface area contributed by atoms with E-state index in [2.05, 4.69) is 66.7 Å². The smallest absolute Gasteiger partial charge is 0.0402 e. The molecule has 0 fully saturated rings. The lowest BCUT2D eigenvalue weighted by Crippen LogP contribution is -2.38. The average Bonchev–Trinajstić information content (AvgIpc) is 2.39. The Labute approximate surface area is 132 Å². The number of anilines is 1. The van der Waals surface area contributed by atoms with E-state index in [9.17, 15) is 0 Å². The zero-order valence-electron chi connectivity index (χ0n) is 13.3. The van der Waals surface area contributed by atoms with Gasteiger partial charge in [0.1, 0.15) is 0 Å². The number of halogens is 1. The fraction of sp³-hybridized carbons (Fsp3) is 0.647. The molecule has 0 aliphatic rings. The maximum atomic E-state index is 5.79. The molecule has 0 aliphatic heterocycles. The fourth-order valence-electron chi connectivity index (χ4n) is 2.76. The van der Waals surface area contributed by atoms with Crippen molar-refractivity contribution in [1.29, 1.82) is 0 Å². The van der Waals surface area contributed by atoms with Gasteiger partial charge in [0.05, 0.1) is 0 Å². The maximum Gasteiger partial charge on any atom is 0.0402 e. The SMILES string of the molecule is CCC(CC)N(CC(C)C)c1ccc(Br)cc1CCN. The predicted octanol–water partition coefficient (Wildman–Crippen LogP) is 4.60. The van der Waals surface area contributed by atoms with Crippen molar-refractivity contribution in [2.75, 3.05) is 18.0 Å². The summed E-state index contributed by atoms with van der Waals surface area (Å²) in [5.74, 6) is 0.657. The van der Waals surface area contributed by atoms with Gasteiger partial charge in [0.25, 0.3) is 0 Å². The van der Waals surface area contributed by atoms with E-state index in [0.717, 1.165) is 17.4 Å². The van der Waals surface area contributed by atoms with Gasteiger partial charge in [-0.3, -0.25) is 0 Å². The normalized spacial score (nSPS) is 11.4. The molecule has 20 heavy (non-hydrogen) atoms. The highest BCUT2D eigenvalue weighted by molar-refractivity contribution is 9.10. The summed E-state index contributed by atoms with van der Waals surface area (Å²) < 4.78 is 1.14.